The van der Waals surface area contributed by atoms with Gasteiger partial charge in [0.15, 0.2) is 5.82 Å². The normalized spacial score (nSPS) is 11.4. The molecule has 11 heteroatoms. The summed E-state index contributed by atoms with van der Waals surface area (Å²) >= 11 is 0. The van der Waals surface area contributed by atoms with Crippen molar-refractivity contribution in [1.29, 1.82) is 0 Å². The van der Waals surface area contributed by atoms with Gasteiger partial charge in [0.25, 0.3) is 0 Å². The van der Waals surface area contributed by atoms with Crippen molar-refractivity contribution in [2.45, 2.75) is 20.8 Å². The first-order valence-corrected chi connectivity index (χ1v) is 10.3. The van der Waals surface area contributed by atoms with Crippen molar-refractivity contribution in [3.05, 3.63) is 35.7 Å². The second-order valence-corrected chi connectivity index (χ2v) is 7.92. The first-order valence-electron chi connectivity index (χ1n) is 8.43. The minimum atomic E-state index is -3.43. The van der Waals surface area contributed by atoms with Crippen molar-refractivity contribution in [3.63, 3.8) is 0 Å². The molecule has 0 spiro atoms. The number of anilines is 2. The van der Waals surface area contributed by atoms with Crippen molar-refractivity contribution in [2.75, 3.05) is 22.9 Å². The Labute approximate surface area is 162 Å². The molecule has 28 heavy (non-hydrogen) atoms. The van der Waals surface area contributed by atoms with E-state index < -0.39 is 16.1 Å². The molecule has 0 saturated carbocycles. The van der Waals surface area contributed by atoms with Gasteiger partial charge in [0.2, 0.25) is 15.7 Å². The first kappa shape index (κ1) is 19.5. The van der Waals surface area contributed by atoms with Gasteiger partial charge >= 0.3 is 6.09 Å². The van der Waals surface area contributed by atoms with Crippen molar-refractivity contribution in [3.8, 4) is 11.3 Å². The molecule has 0 aliphatic heterocycles. The van der Waals surface area contributed by atoms with E-state index in [9.17, 15) is 13.2 Å². The molecule has 1 amide bonds. The minimum absolute atomic E-state index is 0.226. The Balaban J connectivity index is 2.11. The molecule has 2 N–H and O–H groups in total. The number of fused-ring (bicyclic) bond motifs is 1. The van der Waals surface area contributed by atoms with Crippen LogP contribution in [0.2, 0.25) is 0 Å². The quantitative estimate of drug-likeness (QED) is 0.668. The van der Waals surface area contributed by atoms with E-state index in [1.165, 1.54) is 4.52 Å². The van der Waals surface area contributed by atoms with Gasteiger partial charge in [-0.25, -0.2) is 13.2 Å². The summed E-state index contributed by atoms with van der Waals surface area (Å²) in [6, 6.07) is 6.91. The Morgan fingerprint density at radius 2 is 1.93 bits per heavy atom. The fraction of sp³-hybridized carbons (Fsp3) is 0.294. The number of hydrogen-bond donors (Lipinski definition) is 2. The van der Waals surface area contributed by atoms with Crippen LogP contribution in [0.4, 0.5) is 16.2 Å². The maximum Gasteiger partial charge on any atom is 0.411 e. The van der Waals surface area contributed by atoms with Gasteiger partial charge in [-0.2, -0.15) is 9.61 Å². The fourth-order valence-corrected chi connectivity index (χ4v) is 3.20. The van der Waals surface area contributed by atoms with Crippen molar-refractivity contribution < 1.29 is 17.9 Å². The van der Waals surface area contributed by atoms with Crippen LogP contribution in [-0.4, -0.2) is 47.2 Å². The number of aryl methyl sites for hydroxylation is 2. The lowest BCUT2D eigenvalue weighted by Crippen LogP contribution is -2.15. The molecule has 0 fully saturated rings. The molecule has 2 heterocycles. The molecule has 0 aliphatic rings. The van der Waals surface area contributed by atoms with Crippen molar-refractivity contribution in [1.82, 2.24) is 19.8 Å². The largest absolute Gasteiger partial charge is 0.450 e. The smallest absolute Gasteiger partial charge is 0.411 e. The number of ether oxygens (including phenoxy) is 1. The lowest BCUT2D eigenvalue weighted by molar-refractivity contribution is 0.168. The Hall–Kier alpha value is -3.21. The summed E-state index contributed by atoms with van der Waals surface area (Å²) in [5, 5.41) is 15.2. The zero-order chi connectivity index (χ0) is 20.5. The molecule has 0 atom stereocenters. The number of benzene rings is 1. The van der Waals surface area contributed by atoms with Crippen LogP contribution in [-0.2, 0) is 14.8 Å². The first-order chi connectivity index (χ1) is 13.2. The summed E-state index contributed by atoms with van der Waals surface area (Å²) in [7, 11) is -3.43. The Bertz CT molecular complexity index is 1160. The zero-order valence-electron chi connectivity index (χ0n) is 15.8. The number of amides is 1. The maximum absolute atomic E-state index is 11.9. The highest BCUT2D eigenvalue weighted by molar-refractivity contribution is 7.92. The summed E-state index contributed by atoms with van der Waals surface area (Å²) in [6.45, 7) is 5.46. The van der Waals surface area contributed by atoms with Gasteiger partial charge in [0, 0.05) is 5.56 Å². The Kier molecular flexibility index (Phi) is 5.18. The van der Waals surface area contributed by atoms with Crippen LogP contribution in [0, 0.1) is 13.8 Å². The molecular formula is C17H20N6O4S. The SMILES string of the molecule is CCOC(=O)Nc1cc(-c2ccc(C)c(NS(C)(=O)=O)c2)nn2c(C)nnc12. The average Bonchev–Trinajstić information content (AvgIpc) is 2.97. The molecule has 3 rings (SSSR count). The number of nitrogens with zero attached hydrogens (tertiary/aromatic N) is 4. The average molecular weight is 404 g/mol. The third-order valence-corrected chi connectivity index (χ3v) is 4.46. The molecule has 0 radical (unpaired) electrons. The molecule has 0 aliphatic carbocycles. The van der Waals surface area contributed by atoms with Gasteiger partial charge in [0.05, 0.1) is 29.9 Å². The zero-order valence-corrected chi connectivity index (χ0v) is 16.7. The third-order valence-electron chi connectivity index (χ3n) is 3.87. The molecule has 0 saturated heterocycles. The topological polar surface area (TPSA) is 128 Å². The fourth-order valence-electron chi connectivity index (χ4n) is 2.58. The monoisotopic (exact) mass is 404 g/mol. The van der Waals surface area contributed by atoms with Gasteiger partial charge < -0.3 is 4.74 Å². The minimum Gasteiger partial charge on any atom is -0.450 e. The summed E-state index contributed by atoms with van der Waals surface area (Å²) in [4.78, 5) is 11.9. The van der Waals surface area contributed by atoms with E-state index in [1.807, 2.05) is 6.07 Å². The maximum atomic E-state index is 11.9. The van der Waals surface area contributed by atoms with Crippen LogP contribution < -0.4 is 10.0 Å². The highest BCUT2D eigenvalue weighted by atomic mass is 32.2. The van der Waals surface area contributed by atoms with Crippen molar-refractivity contribution >= 4 is 33.1 Å². The highest BCUT2D eigenvalue weighted by Crippen LogP contribution is 2.28. The van der Waals surface area contributed by atoms with Crippen LogP contribution in [0.3, 0.4) is 0 Å². The number of rotatable bonds is 5. The van der Waals surface area contributed by atoms with E-state index in [0.717, 1.165) is 11.8 Å². The molecule has 3 aromatic rings. The molecular weight excluding hydrogens is 384 g/mol. The molecule has 10 nitrogen and oxygen atoms in total. The Morgan fingerprint density at radius 1 is 1.18 bits per heavy atom. The number of nitrogens with one attached hydrogen (secondary N) is 2. The number of hydrogen-bond acceptors (Lipinski definition) is 7. The van der Waals surface area contributed by atoms with Crippen LogP contribution in [0.25, 0.3) is 16.9 Å². The molecule has 0 bridgehead atoms. The van der Waals surface area contributed by atoms with E-state index in [0.29, 0.717) is 34.1 Å². The predicted octanol–water partition coefficient (Wildman–Crippen LogP) is 2.35. The molecule has 148 valence electrons. The van der Waals surface area contributed by atoms with Gasteiger partial charge in [-0.3, -0.25) is 10.0 Å². The number of aromatic nitrogens is 4. The van der Waals surface area contributed by atoms with Gasteiger partial charge in [-0.1, -0.05) is 12.1 Å². The van der Waals surface area contributed by atoms with E-state index in [2.05, 4.69) is 25.3 Å². The standard InChI is InChI=1S/C17H20N6O4S/c1-5-27-17(24)18-15-9-14(21-23-11(3)19-20-16(15)23)12-7-6-10(2)13(8-12)22-28(4,25)26/h6-9,22H,5H2,1-4H3,(H,18,24). The lowest BCUT2D eigenvalue weighted by Gasteiger charge is -2.12. The van der Waals surface area contributed by atoms with Gasteiger partial charge in [0.1, 0.15) is 0 Å². The highest BCUT2D eigenvalue weighted by Gasteiger charge is 2.16. The third kappa shape index (κ3) is 4.19. The summed E-state index contributed by atoms with van der Waals surface area (Å²) in [5.41, 5.74) is 3.11. The summed E-state index contributed by atoms with van der Waals surface area (Å²) in [5.74, 6) is 0.533. The summed E-state index contributed by atoms with van der Waals surface area (Å²) < 4.78 is 32.1. The van der Waals surface area contributed by atoms with E-state index in [4.69, 9.17) is 4.74 Å². The number of carbonyl (C=O) groups is 1. The van der Waals surface area contributed by atoms with Gasteiger partial charge in [-0.05, 0) is 38.5 Å². The van der Waals surface area contributed by atoms with Crippen LogP contribution in [0.15, 0.2) is 24.3 Å². The predicted molar refractivity (Wildman–Crippen MR) is 105 cm³/mol. The van der Waals surface area contributed by atoms with Crippen LogP contribution >= 0.6 is 0 Å². The molecule has 0 unspecified atom stereocenters. The second-order valence-electron chi connectivity index (χ2n) is 6.18. The van der Waals surface area contributed by atoms with E-state index in [1.54, 1.807) is 39.0 Å². The molecule has 1 aromatic carbocycles. The van der Waals surface area contributed by atoms with E-state index in [-0.39, 0.29) is 6.61 Å². The summed E-state index contributed by atoms with van der Waals surface area (Å²) in [6.07, 6.45) is 0.469. The van der Waals surface area contributed by atoms with Crippen LogP contribution in [0.1, 0.15) is 18.3 Å². The lowest BCUT2D eigenvalue weighted by atomic mass is 10.1. The van der Waals surface area contributed by atoms with E-state index >= 15 is 0 Å². The second kappa shape index (κ2) is 7.43. The van der Waals surface area contributed by atoms with Crippen molar-refractivity contribution in [2.24, 2.45) is 0 Å². The van der Waals surface area contributed by atoms with Crippen LogP contribution in [0.5, 0.6) is 0 Å². The number of sulfonamides is 1. The van der Waals surface area contributed by atoms with Gasteiger partial charge in [-0.15, -0.1) is 10.2 Å². The Morgan fingerprint density at radius 3 is 2.61 bits per heavy atom. The molecule has 2 aromatic heterocycles. The number of carbonyl (C=O) groups excluding carboxylic acids is 1.